The first kappa shape index (κ1) is 17.6. The van der Waals surface area contributed by atoms with E-state index in [0.717, 1.165) is 22.0 Å². The van der Waals surface area contributed by atoms with Gasteiger partial charge < -0.3 is 10.4 Å². The van der Waals surface area contributed by atoms with Crippen LogP contribution in [0.1, 0.15) is 21.7 Å². The monoisotopic (exact) mass is 367 g/mol. The van der Waals surface area contributed by atoms with Crippen molar-refractivity contribution in [1.82, 2.24) is 9.38 Å². The molecule has 0 radical (unpaired) electrons. The van der Waals surface area contributed by atoms with E-state index in [0.29, 0.717) is 12.4 Å². The molecule has 7 nitrogen and oxygen atoms in total. The largest absolute Gasteiger partial charge is 0.478 e. The second-order valence-corrected chi connectivity index (χ2v) is 6.27. The van der Waals surface area contributed by atoms with E-state index in [-0.39, 0.29) is 5.56 Å². The second-order valence-electron chi connectivity index (χ2n) is 5.36. The highest BCUT2D eigenvalue weighted by Crippen LogP contribution is 2.21. The van der Waals surface area contributed by atoms with Gasteiger partial charge in [0.15, 0.2) is 0 Å². The summed E-state index contributed by atoms with van der Waals surface area (Å²) in [5.74, 6) is -0.939. The average Bonchev–Trinajstić information content (AvgIpc) is 3.22. The van der Waals surface area contributed by atoms with Gasteiger partial charge in [-0.25, -0.2) is 9.78 Å². The first-order valence-corrected chi connectivity index (χ1v) is 8.64. The Hall–Kier alpha value is -3.26. The van der Waals surface area contributed by atoms with Gasteiger partial charge in [0, 0.05) is 17.8 Å². The molecule has 132 valence electrons. The first-order valence-electron chi connectivity index (χ1n) is 7.76. The molecule has 0 saturated heterocycles. The van der Waals surface area contributed by atoms with Gasteiger partial charge in [0.05, 0.1) is 27.6 Å². The highest BCUT2D eigenvalue weighted by Gasteiger charge is 2.11. The minimum absolute atomic E-state index is 0.266. The SMILES string of the molecule is C=N/C(=C\C=N/CNc1cc(C(=O)O)cs1)c1c(C)nc2ccccn12. The van der Waals surface area contributed by atoms with Crippen molar-refractivity contribution in [3.8, 4) is 0 Å². The Morgan fingerprint density at radius 2 is 2.35 bits per heavy atom. The van der Waals surface area contributed by atoms with Gasteiger partial charge in [-0.05, 0) is 37.9 Å². The average molecular weight is 367 g/mol. The summed E-state index contributed by atoms with van der Waals surface area (Å²) in [4.78, 5) is 23.7. The van der Waals surface area contributed by atoms with Crippen LogP contribution in [0.15, 0.2) is 51.9 Å². The highest BCUT2D eigenvalue weighted by atomic mass is 32.1. The number of imidazole rings is 1. The Kier molecular flexibility index (Phi) is 5.23. The number of aromatic carboxylic acids is 1. The molecule has 3 rings (SSSR count). The summed E-state index contributed by atoms with van der Waals surface area (Å²) in [5, 5.41) is 14.3. The van der Waals surface area contributed by atoms with E-state index in [9.17, 15) is 4.79 Å². The maximum Gasteiger partial charge on any atom is 0.336 e. The number of fused-ring (bicyclic) bond motifs is 1. The number of thiophene rings is 1. The fraction of sp³-hybridized carbons (Fsp3) is 0.111. The number of nitrogens with one attached hydrogen (secondary N) is 1. The van der Waals surface area contributed by atoms with Gasteiger partial charge in [-0.3, -0.25) is 14.4 Å². The zero-order valence-electron chi connectivity index (χ0n) is 14.1. The zero-order valence-corrected chi connectivity index (χ0v) is 14.9. The maximum absolute atomic E-state index is 10.8. The molecule has 0 saturated carbocycles. The van der Waals surface area contributed by atoms with Gasteiger partial charge in [-0.15, -0.1) is 11.3 Å². The standard InChI is InChI=1S/C18H17N5O2S/c1-12-17(23-8-4-3-5-15(23)22-12)14(19-2)6-7-20-11-21-16-9-13(10-26-16)18(24)25/h3-10,21H,2,11H2,1H3,(H,24,25)/b14-6-,20-7-. The predicted octanol–water partition coefficient (Wildman–Crippen LogP) is 3.58. The number of aromatic nitrogens is 2. The molecule has 0 aliphatic rings. The molecule has 26 heavy (non-hydrogen) atoms. The number of carboxylic acids is 1. The van der Waals surface area contributed by atoms with E-state index in [2.05, 4.69) is 27.0 Å². The second kappa shape index (κ2) is 7.75. The topological polar surface area (TPSA) is 91.3 Å². The molecule has 3 heterocycles. The highest BCUT2D eigenvalue weighted by molar-refractivity contribution is 7.14. The third-order valence-corrected chi connectivity index (χ3v) is 4.53. The molecule has 0 atom stereocenters. The number of anilines is 1. The molecule has 0 aliphatic heterocycles. The van der Waals surface area contributed by atoms with Crippen molar-refractivity contribution in [1.29, 1.82) is 0 Å². The normalized spacial score (nSPS) is 12.0. The lowest BCUT2D eigenvalue weighted by Crippen LogP contribution is -1.97. The zero-order chi connectivity index (χ0) is 18.5. The Morgan fingerprint density at radius 1 is 1.50 bits per heavy atom. The Labute approximate surface area is 154 Å². The molecule has 0 aromatic carbocycles. The van der Waals surface area contributed by atoms with E-state index in [1.807, 2.05) is 35.7 Å². The van der Waals surface area contributed by atoms with Crippen LogP contribution in [0.3, 0.4) is 0 Å². The van der Waals surface area contributed by atoms with Crippen molar-refractivity contribution in [3.63, 3.8) is 0 Å². The quantitative estimate of drug-likeness (QED) is 0.624. The number of nitrogens with zero attached hydrogens (tertiary/aromatic N) is 4. The summed E-state index contributed by atoms with van der Waals surface area (Å²) < 4.78 is 1.96. The summed E-state index contributed by atoms with van der Waals surface area (Å²) >= 11 is 1.33. The third kappa shape index (κ3) is 3.70. The van der Waals surface area contributed by atoms with Crippen LogP contribution in [0.5, 0.6) is 0 Å². The Morgan fingerprint density at radius 3 is 3.08 bits per heavy atom. The number of aliphatic imine (C=N–C) groups is 2. The maximum atomic E-state index is 10.8. The lowest BCUT2D eigenvalue weighted by Gasteiger charge is -2.02. The van der Waals surface area contributed by atoms with Crippen LogP contribution in [0.4, 0.5) is 5.00 Å². The van der Waals surface area contributed by atoms with Crippen molar-refractivity contribution in [2.24, 2.45) is 9.98 Å². The molecule has 3 aromatic heterocycles. The number of carbonyl (C=O) groups is 1. The van der Waals surface area contributed by atoms with Crippen LogP contribution in [0, 0.1) is 6.92 Å². The van der Waals surface area contributed by atoms with Crippen LogP contribution in [0.2, 0.25) is 0 Å². The summed E-state index contributed by atoms with van der Waals surface area (Å²) in [6, 6.07) is 7.38. The molecule has 0 unspecified atom stereocenters. The van der Waals surface area contributed by atoms with Crippen molar-refractivity contribution < 1.29 is 9.90 Å². The molecule has 0 amide bonds. The molecule has 2 N–H and O–H groups in total. The number of pyridine rings is 1. The molecular formula is C18H17N5O2S. The first-order chi connectivity index (χ1) is 12.6. The molecule has 3 aromatic rings. The molecule has 0 bridgehead atoms. The number of hydrogen-bond donors (Lipinski definition) is 2. The lowest BCUT2D eigenvalue weighted by atomic mass is 10.2. The predicted molar refractivity (Wildman–Crippen MR) is 106 cm³/mol. The fourth-order valence-corrected chi connectivity index (χ4v) is 3.23. The van der Waals surface area contributed by atoms with Crippen LogP contribution in [-0.2, 0) is 0 Å². The number of hydrogen-bond acceptors (Lipinski definition) is 6. The molecule has 0 aliphatic carbocycles. The fourth-order valence-electron chi connectivity index (χ4n) is 2.47. The number of aryl methyl sites for hydroxylation is 1. The van der Waals surface area contributed by atoms with E-state index < -0.39 is 5.97 Å². The van der Waals surface area contributed by atoms with Crippen molar-refractivity contribution in [2.45, 2.75) is 6.92 Å². The molecule has 8 heteroatoms. The summed E-state index contributed by atoms with van der Waals surface area (Å²) in [7, 11) is 0. The van der Waals surface area contributed by atoms with Gasteiger partial charge in [0.25, 0.3) is 0 Å². The number of rotatable bonds is 7. The minimum atomic E-state index is -0.939. The van der Waals surface area contributed by atoms with Crippen molar-refractivity contribution >= 4 is 46.6 Å². The van der Waals surface area contributed by atoms with Gasteiger partial charge in [0.2, 0.25) is 0 Å². The molecule has 0 fully saturated rings. The van der Waals surface area contributed by atoms with Gasteiger partial charge >= 0.3 is 5.97 Å². The smallest absolute Gasteiger partial charge is 0.336 e. The van der Waals surface area contributed by atoms with Gasteiger partial charge in [-0.1, -0.05) is 6.07 Å². The van der Waals surface area contributed by atoms with Crippen LogP contribution >= 0.6 is 11.3 Å². The van der Waals surface area contributed by atoms with Gasteiger partial charge in [0.1, 0.15) is 12.3 Å². The van der Waals surface area contributed by atoms with Crippen molar-refractivity contribution in [2.75, 3.05) is 12.0 Å². The summed E-state index contributed by atoms with van der Waals surface area (Å²) in [6.45, 7) is 5.89. The number of allylic oxidation sites excluding steroid dienone is 1. The van der Waals surface area contributed by atoms with E-state index in [1.165, 1.54) is 11.3 Å². The van der Waals surface area contributed by atoms with E-state index in [4.69, 9.17) is 5.11 Å². The third-order valence-electron chi connectivity index (χ3n) is 3.65. The number of carboxylic acid groups (broad SMARTS) is 1. The van der Waals surface area contributed by atoms with Crippen LogP contribution < -0.4 is 5.32 Å². The molecule has 0 spiro atoms. The van der Waals surface area contributed by atoms with E-state index >= 15 is 0 Å². The summed E-state index contributed by atoms with van der Waals surface area (Å²) in [5.41, 5.74) is 3.53. The van der Waals surface area contributed by atoms with Crippen molar-refractivity contribution in [3.05, 3.63) is 58.9 Å². The lowest BCUT2D eigenvalue weighted by molar-refractivity contribution is 0.0697. The van der Waals surface area contributed by atoms with Gasteiger partial charge in [-0.2, -0.15) is 0 Å². The minimum Gasteiger partial charge on any atom is -0.478 e. The molecular weight excluding hydrogens is 350 g/mol. The van der Waals surface area contributed by atoms with Crippen LogP contribution in [0.25, 0.3) is 11.3 Å². The Bertz CT molecular complexity index is 1020. The Balaban J connectivity index is 1.70. The van der Waals surface area contributed by atoms with Crippen LogP contribution in [-0.4, -0.2) is 40.1 Å². The summed E-state index contributed by atoms with van der Waals surface area (Å²) in [6.07, 6.45) is 5.35. The van der Waals surface area contributed by atoms with E-state index in [1.54, 1.807) is 23.7 Å².